The summed E-state index contributed by atoms with van der Waals surface area (Å²) in [5.74, 6) is -0.385. The average Bonchev–Trinajstić information content (AvgIpc) is 2.53. The number of ketones is 2. The number of unbranched alkanes of at least 4 members (excludes halogenated alkanes) is 2. The predicted molar refractivity (Wildman–Crippen MR) is 80.2 cm³/mol. The van der Waals surface area contributed by atoms with Crippen molar-refractivity contribution in [2.45, 2.75) is 31.9 Å². The largest absolute Gasteiger partial charge is 0.497 e. The molecular weight excluding hydrogens is 325 g/mol. The zero-order valence-electron chi connectivity index (χ0n) is 13.1. The van der Waals surface area contributed by atoms with Gasteiger partial charge >= 0.3 is 6.18 Å². The summed E-state index contributed by atoms with van der Waals surface area (Å²) >= 11 is 0. The summed E-state index contributed by atoms with van der Waals surface area (Å²) in [6.07, 6.45) is -3.14. The van der Waals surface area contributed by atoms with Crippen LogP contribution in [0.5, 0.6) is 5.75 Å². The van der Waals surface area contributed by atoms with Crippen molar-refractivity contribution in [2.75, 3.05) is 13.7 Å². The highest BCUT2D eigenvalue weighted by atomic mass is 19.4. The Morgan fingerprint density at radius 2 is 1.79 bits per heavy atom. The van der Waals surface area contributed by atoms with E-state index >= 15 is 0 Å². The van der Waals surface area contributed by atoms with E-state index in [0.717, 1.165) is 6.08 Å². The molecule has 0 atom stereocenters. The number of Topliss-reactive ketones (excluding diaryl/α,β-unsaturated/α-hetero) is 1. The summed E-state index contributed by atoms with van der Waals surface area (Å²) < 4.78 is 46.4. The third kappa shape index (κ3) is 4.59. The van der Waals surface area contributed by atoms with Gasteiger partial charge in [-0.25, -0.2) is 0 Å². The molecule has 7 heteroatoms. The summed E-state index contributed by atoms with van der Waals surface area (Å²) in [6, 6.07) is 4.55. The second-order valence-electron chi connectivity index (χ2n) is 5.39. The fourth-order valence-corrected chi connectivity index (χ4v) is 2.34. The maximum atomic E-state index is 12.3. The number of halogens is 3. The lowest BCUT2D eigenvalue weighted by Gasteiger charge is -2.16. The number of alkyl halides is 3. The van der Waals surface area contributed by atoms with Gasteiger partial charge in [-0.15, -0.1) is 0 Å². The van der Waals surface area contributed by atoms with Crippen LogP contribution in [0.15, 0.2) is 30.0 Å². The van der Waals surface area contributed by atoms with Crippen LogP contribution >= 0.6 is 0 Å². The number of carbonyl (C=O) groups excluding carboxylic acids is 2. The number of carbonyl (C=O) groups is 2. The van der Waals surface area contributed by atoms with Crippen LogP contribution in [0.3, 0.4) is 0 Å². The van der Waals surface area contributed by atoms with Gasteiger partial charge in [-0.1, -0.05) is 0 Å². The highest BCUT2D eigenvalue weighted by Crippen LogP contribution is 2.26. The van der Waals surface area contributed by atoms with Crippen molar-refractivity contribution in [2.24, 2.45) is 0 Å². The van der Waals surface area contributed by atoms with E-state index in [9.17, 15) is 22.8 Å². The topological polar surface area (TPSA) is 52.6 Å². The second-order valence-corrected chi connectivity index (χ2v) is 5.39. The monoisotopic (exact) mass is 342 g/mol. The highest BCUT2D eigenvalue weighted by molar-refractivity contribution is 6.23. The number of allylic oxidation sites excluding steroid dienone is 2. The van der Waals surface area contributed by atoms with Gasteiger partial charge in [0.25, 0.3) is 0 Å². The number of hydrogen-bond acceptors (Lipinski definition) is 4. The van der Waals surface area contributed by atoms with E-state index in [-0.39, 0.29) is 35.7 Å². The lowest BCUT2D eigenvalue weighted by molar-refractivity contribution is -0.135. The maximum Gasteiger partial charge on any atom is 0.389 e. The number of fused-ring (bicyclic) bond motifs is 1. The molecule has 1 aromatic rings. The first kappa shape index (κ1) is 18.0. The summed E-state index contributed by atoms with van der Waals surface area (Å²) in [7, 11) is 1.46. The molecule has 0 heterocycles. The molecule has 1 aromatic carbocycles. The van der Waals surface area contributed by atoms with E-state index in [2.05, 4.69) is 0 Å². The number of ether oxygens (including phenoxy) is 2. The van der Waals surface area contributed by atoms with Gasteiger partial charge < -0.3 is 9.47 Å². The molecule has 2 rings (SSSR count). The van der Waals surface area contributed by atoms with Crippen molar-refractivity contribution >= 4 is 11.6 Å². The first-order valence-corrected chi connectivity index (χ1v) is 7.50. The number of hydrogen-bond donors (Lipinski definition) is 0. The maximum absolute atomic E-state index is 12.3. The molecular formula is C17H17F3O4. The fraction of sp³-hybridized carbons (Fsp3) is 0.412. The van der Waals surface area contributed by atoms with Crippen LogP contribution < -0.4 is 4.74 Å². The van der Waals surface area contributed by atoms with E-state index in [1.165, 1.54) is 19.2 Å². The van der Waals surface area contributed by atoms with Crippen LogP contribution in [-0.2, 0) is 4.74 Å². The van der Waals surface area contributed by atoms with E-state index in [1.807, 2.05) is 0 Å². The van der Waals surface area contributed by atoms with Crippen molar-refractivity contribution in [1.29, 1.82) is 0 Å². The van der Waals surface area contributed by atoms with E-state index in [1.54, 1.807) is 6.07 Å². The molecule has 0 saturated carbocycles. The zero-order valence-corrected chi connectivity index (χ0v) is 13.1. The van der Waals surface area contributed by atoms with Gasteiger partial charge in [-0.2, -0.15) is 13.2 Å². The third-order valence-electron chi connectivity index (χ3n) is 3.58. The average molecular weight is 342 g/mol. The Morgan fingerprint density at radius 3 is 2.46 bits per heavy atom. The van der Waals surface area contributed by atoms with E-state index in [0.29, 0.717) is 18.6 Å². The van der Waals surface area contributed by atoms with Crippen molar-refractivity contribution in [1.82, 2.24) is 0 Å². The summed E-state index contributed by atoms with van der Waals surface area (Å²) in [5, 5.41) is 0. The minimum Gasteiger partial charge on any atom is -0.497 e. The van der Waals surface area contributed by atoms with Gasteiger partial charge in [0.2, 0.25) is 5.78 Å². The van der Waals surface area contributed by atoms with Gasteiger partial charge in [0.05, 0.1) is 13.7 Å². The first-order valence-electron chi connectivity index (χ1n) is 7.50. The van der Waals surface area contributed by atoms with Crippen LogP contribution in [0.25, 0.3) is 0 Å². The third-order valence-corrected chi connectivity index (χ3v) is 3.58. The van der Waals surface area contributed by atoms with Crippen LogP contribution in [0.2, 0.25) is 0 Å². The highest BCUT2D eigenvalue weighted by Gasteiger charge is 2.28. The molecule has 0 spiro atoms. The molecule has 0 N–H and O–H groups in total. The molecule has 24 heavy (non-hydrogen) atoms. The molecule has 0 aliphatic heterocycles. The molecule has 0 saturated heterocycles. The predicted octanol–water partition coefficient (Wildman–Crippen LogP) is 4.10. The van der Waals surface area contributed by atoms with Crippen LogP contribution in [0, 0.1) is 0 Å². The Labute approximate surface area is 137 Å². The van der Waals surface area contributed by atoms with Crippen molar-refractivity contribution in [3.05, 3.63) is 41.2 Å². The second kappa shape index (κ2) is 7.51. The van der Waals surface area contributed by atoms with Crippen LogP contribution in [0.1, 0.15) is 46.4 Å². The molecule has 0 amide bonds. The SMILES string of the molecule is COc1ccc2c(c1)C(=O)C=C(OCCCCCC(F)(F)F)C2=O. The van der Waals surface area contributed by atoms with Crippen LogP contribution in [-0.4, -0.2) is 31.5 Å². The first-order chi connectivity index (χ1) is 11.3. The number of rotatable bonds is 7. The summed E-state index contributed by atoms with van der Waals surface area (Å²) in [6.45, 7) is 0.0915. The van der Waals surface area contributed by atoms with Gasteiger partial charge in [0, 0.05) is 23.6 Å². The molecule has 1 aliphatic carbocycles. The number of methoxy groups -OCH3 is 1. The Bertz CT molecular complexity index is 662. The van der Waals surface area contributed by atoms with Gasteiger partial charge in [0.1, 0.15) is 5.75 Å². The minimum absolute atomic E-state index is 0.0153. The van der Waals surface area contributed by atoms with Gasteiger partial charge in [-0.05, 0) is 37.5 Å². The minimum atomic E-state index is -4.15. The Morgan fingerprint density at radius 1 is 1.04 bits per heavy atom. The lowest BCUT2D eigenvalue weighted by atomic mass is 9.93. The molecule has 0 aromatic heterocycles. The standard InChI is InChI=1S/C17H17F3O4/c1-23-11-5-6-12-13(9-11)14(21)10-15(16(12)22)24-8-4-2-3-7-17(18,19)20/h5-6,9-10H,2-4,7-8H2,1H3. The molecule has 1 aliphatic rings. The molecule has 0 radical (unpaired) electrons. The molecule has 0 bridgehead atoms. The molecule has 4 nitrogen and oxygen atoms in total. The Balaban J connectivity index is 1.89. The van der Waals surface area contributed by atoms with Gasteiger partial charge in [0.15, 0.2) is 11.5 Å². The van der Waals surface area contributed by atoms with Crippen molar-refractivity contribution in [3.8, 4) is 5.75 Å². The molecule has 0 fully saturated rings. The van der Waals surface area contributed by atoms with Crippen molar-refractivity contribution < 1.29 is 32.2 Å². The van der Waals surface area contributed by atoms with E-state index in [4.69, 9.17) is 9.47 Å². The lowest BCUT2D eigenvalue weighted by Crippen LogP contribution is -2.19. The smallest absolute Gasteiger partial charge is 0.389 e. The summed E-state index contributed by atoms with van der Waals surface area (Å²) in [4.78, 5) is 24.3. The van der Waals surface area contributed by atoms with E-state index < -0.39 is 18.4 Å². The Kier molecular flexibility index (Phi) is 5.64. The quantitative estimate of drug-likeness (QED) is 0.700. The molecule has 0 unspecified atom stereocenters. The zero-order chi connectivity index (χ0) is 17.7. The normalized spacial score (nSPS) is 14.2. The Hall–Kier alpha value is -2.31. The fourth-order valence-electron chi connectivity index (χ4n) is 2.34. The number of benzene rings is 1. The van der Waals surface area contributed by atoms with Gasteiger partial charge in [-0.3, -0.25) is 9.59 Å². The molecule has 130 valence electrons. The van der Waals surface area contributed by atoms with Crippen molar-refractivity contribution in [3.63, 3.8) is 0 Å². The summed E-state index contributed by atoms with van der Waals surface area (Å²) in [5.41, 5.74) is 0.479. The van der Waals surface area contributed by atoms with Crippen LogP contribution in [0.4, 0.5) is 13.2 Å².